The molecule has 1 fully saturated rings. The highest BCUT2D eigenvalue weighted by molar-refractivity contribution is 5.95. The average molecular weight is 381 g/mol. The summed E-state index contributed by atoms with van der Waals surface area (Å²) in [6, 6.07) is 14.8. The molecule has 3 rings (SSSR count). The highest BCUT2D eigenvalue weighted by atomic mass is 16.5. The molecule has 2 aromatic rings. The van der Waals surface area contributed by atoms with Crippen LogP contribution >= 0.6 is 0 Å². The summed E-state index contributed by atoms with van der Waals surface area (Å²) in [4.78, 5) is 29.0. The number of likely N-dealkylation sites (N-methyl/N-ethyl adjacent to an activating group) is 1. The minimum Gasteiger partial charge on any atom is -0.380 e. The van der Waals surface area contributed by atoms with E-state index >= 15 is 0 Å². The van der Waals surface area contributed by atoms with Crippen molar-refractivity contribution in [3.05, 3.63) is 70.8 Å². The third-order valence-corrected chi connectivity index (χ3v) is 4.97. The average Bonchev–Trinajstić information content (AvgIpc) is 2.73. The molecule has 0 aliphatic carbocycles. The molecule has 1 saturated heterocycles. The molecule has 6 heteroatoms. The summed E-state index contributed by atoms with van der Waals surface area (Å²) >= 11 is 0. The molecular weight excluding hydrogens is 354 g/mol. The van der Waals surface area contributed by atoms with Gasteiger partial charge in [-0.05, 0) is 42.4 Å². The van der Waals surface area contributed by atoms with Gasteiger partial charge in [-0.25, -0.2) is 0 Å². The smallest absolute Gasteiger partial charge is 0.253 e. The summed E-state index contributed by atoms with van der Waals surface area (Å²) < 4.78 is 5.07. The van der Waals surface area contributed by atoms with Crippen LogP contribution in [0.2, 0.25) is 0 Å². The molecule has 1 N–H and O–H groups in total. The van der Waals surface area contributed by atoms with E-state index in [0.717, 1.165) is 37.3 Å². The van der Waals surface area contributed by atoms with E-state index in [0.29, 0.717) is 24.3 Å². The van der Waals surface area contributed by atoms with Crippen LogP contribution in [0.15, 0.2) is 48.5 Å². The highest BCUT2D eigenvalue weighted by Gasteiger charge is 2.20. The highest BCUT2D eigenvalue weighted by Crippen LogP contribution is 2.11. The molecule has 2 amide bonds. The number of amides is 2. The van der Waals surface area contributed by atoms with Crippen LogP contribution in [0.3, 0.4) is 0 Å². The van der Waals surface area contributed by atoms with Gasteiger partial charge in [0.2, 0.25) is 0 Å². The van der Waals surface area contributed by atoms with Gasteiger partial charge >= 0.3 is 0 Å². The maximum absolute atomic E-state index is 12.6. The SMILES string of the molecule is COCc1ccc(C(=O)NCc2ccc(C(=O)N3CCN(C)CC3)cc2)cc1. The number of nitrogens with zero attached hydrogens (tertiary/aromatic N) is 2. The van der Waals surface area contributed by atoms with Crippen molar-refractivity contribution in [2.75, 3.05) is 40.3 Å². The molecule has 0 bridgehead atoms. The van der Waals surface area contributed by atoms with Gasteiger partial charge in [-0.2, -0.15) is 0 Å². The van der Waals surface area contributed by atoms with Gasteiger partial charge in [-0.3, -0.25) is 9.59 Å². The molecule has 2 aromatic carbocycles. The van der Waals surface area contributed by atoms with E-state index in [1.807, 2.05) is 41.3 Å². The fourth-order valence-electron chi connectivity index (χ4n) is 3.16. The van der Waals surface area contributed by atoms with Crippen molar-refractivity contribution in [1.29, 1.82) is 0 Å². The summed E-state index contributed by atoms with van der Waals surface area (Å²) in [7, 11) is 3.71. The molecule has 0 aromatic heterocycles. The molecule has 1 heterocycles. The molecule has 0 unspecified atom stereocenters. The van der Waals surface area contributed by atoms with Crippen LogP contribution in [0.5, 0.6) is 0 Å². The number of rotatable bonds is 6. The Balaban J connectivity index is 1.52. The lowest BCUT2D eigenvalue weighted by Crippen LogP contribution is -2.47. The molecular formula is C22H27N3O3. The number of carbonyl (C=O) groups excluding carboxylic acids is 2. The lowest BCUT2D eigenvalue weighted by molar-refractivity contribution is 0.0664. The number of piperazine rings is 1. The number of hydrogen-bond donors (Lipinski definition) is 1. The number of methoxy groups -OCH3 is 1. The van der Waals surface area contributed by atoms with Crippen molar-refractivity contribution in [1.82, 2.24) is 15.1 Å². The summed E-state index contributed by atoms with van der Waals surface area (Å²) in [6.07, 6.45) is 0. The van der Waals surface area contributed by atoms with E-state index in [1.165, 1.54) is 0 Å². The molecule has 28 heavy (non-hydrogen) atoms. The second kappa shape index (κ2) is 9.48. The van der Waals surface area contributed by atoms with Gasteiger partial charge in [-0.15, -0.1) is 0 Å². The predicted molar refractivity (Wildman–Crippen MR) is 108 cm³/mol. The minimum absolute atomic E-state index is 0.0693. The summed E-state index contributed by atoms with van der Waals surface area (Å²) in [6.45, 7) is 4.28. The zero-order chi connectivity index (χ0) is 19.9. The van der Waals surface area contributed by atoms with Gasteiger partial charge in [0.05, 0.1) is 6.61 Å². The minimum atomic E-state index is -0.124. The summed E-state index contributed by atoms with van der Waals surface area (Å²) in [5, 5.41) is 2.91. The van der Waals surface area contributed by atoms with E-state index < -0.39 is 0 Å². The van der Waals surface area contributed by atoms with Gasteiger partial charge in [0.15, 0.2) is 0 Å². The van der Waals surface area contributed by atoms with Gasteiger partial charge in [0.25, 0.3) is 11.8 Å². The molecule has 1 aliphatic heterocycles. The number of benzene rings is 2. The Morgan fingerprint density at radius 2 is 1.46 bits per heavy atom. The number of ether oxygens (including phenoxy) is 1. The van der Waals surface area contributed by atoms with Crippen LogP contribution in [0.25, 0.3) is 0 Å². The maximum Gasteiger partial charge on any atom is 0.253 e. The summed E-state index contributed by atoms with van der Waals surface area (Å²) in [5.74, 6) is -0.0543. The van der Waals surface area contributed by atoms with Crippen LogP contribution < -0.4 is 5.32 Å². The largest absolute Gasteiger partial charge is 0.380 e. The zero-order valence-corrected chi connectivity index (χ0v) is 16.5. The first-order chi connectivity index (χ1) is 13.6. The Kier molecular flexibility index (Phi) is 6.79. The first kappa shape index (κ1) is 20.0. The number of nitrogens with one attached hydrogen (secondary N) is 1. The monoisotopic (exact) mass is 381 g/mol. The number of carbonyl (C=O) groups is 2. The van der Waals surface area contributed by atoms with Crippen LogP contribution in [0.1, 0.15) is 31.8 Å². The normalized spacial score (nSPS) is 14.7. The number of hydrogen-bond acceptors (Lipinski definition) is 4. The lowest BCUT2D eigenvalue weighted by atomic mass is 10.1. The van der Waals surface area contributed by atoms with E-state index in [4.69, 9.17) is 4.74 Å². The van der Waals surface area contributed by atoms with Gasteiger partial charge in [0.1, 0.15) is 0 Å². The van der Waals surface area contributed by atoms with Crippen LogP contribution in [-0.4, -0.2) is 62.0 Å². The fourth-order valence-corrected chi connectivity index (χ4v) is 3.16. The first-order valence-electron chi connectivity index (χ1n) is 9.49. The van der Waals surface area contributed by atoms with Gasteiger partial charge in [0, 0.05) is 51.0 Å². The molecule has 1 aliphatic rings. The Morgan fingerprint density at radius 3 is 2.07 bits per heavy atom. The quantitative estimate of drug-likeness (QED) is 0.833. The van der Waals surface area contributed by atoms with E-state index in [9.17, 15) is 9.59 Å². The summed E-state index contributed by atoms with van der Waals surface area (Å²) in [5.41, 5.74) is 3.29. The van der Waals surface area contributed by atoms with Gasteiger partial charge in [-0.1, -0.05) is 24.3 Å². The maximum atomic E-state index is 12.6. The van der Waals surface area contributed by atoms with Crippen molar-refractivity contribution >= 4 is 11.8 Å². The Bertz CT molecular complexity index is 795. The van der Waals surface area contributed by atoms with Crippen molar-refractivity contribution in [3.8, 4) is 0 Å². The van der Waals surface area contributed by atoms with Crippen molar-refractivity contribution in [2.45, 2.75) is 13.2 Å². The fraction of sp³-hybridized carbons (Fsp3) is 0.364. The van der Waals surface area contributed by atoms with Crippen LogP contribution in [0, 0.1) is 0 Å². The van der Waals surface area contributed by atoms with E-state index in [1.54, 1.807) is 19.2 Å². The molecule has 0 radical (unpaired) electrons. The lowest BCUT2D eigenvalue weighted by Gasteiger charge is -2.32. The molecule has 6 nitrogen and oxygen atoms in total. The third kappa shape index (κ3) is 5.18. The van der Waals surface area contributed by atoms with Crippen LogP contribution in [-0.2, 0) is 17.9 Å². The van der Waals surface area contributed by atoms with Crippen molar-refractivity contribution in [3.63, 3.8) is 0 Å². The topological polar surface area (TPSA) is 61.9 Å². The zero-order valence-electron chi connectivity index (χ0n) is 16.5. The van der Waals surface area contributed by atoms with E-state index in [-0.39, 0.29) is 11.8 Å². The van der Waals surface area contributed by atoms with Gasteiger partial charge < -0.3 is 19.9 Å². The second-order valence-electron chi connectivity index (χ2n) is 7.11. The molecule has 148 valence electrons. The molecule has 0 spiro atoms. The predicted octanol–water partition coefficient (Wildman–Crippen LogP) is 2.15. The molecule has 0 saturated carbocycles. The standard InChI is InChI=1S/C22H27N3O3/c1-24-11-13-25(14-12-24)22(27)20-9-3-17(4-10-20)15-23-21(26)19-7-5-18(6-8-19)16-28-2/h3-10H,11-16H2,1-2H3,(H,23,26). The third-order valence-electron chi connectivity index (χ3n) is 4.97. The first-order valence-corrected chi connectivity index (χ1v) is 9.49. The van der Waals surface area contributed by atoms with E-state index in [2.05, 4.69) is 17.3 Å². The van der Waals surface area contributed by atoms with Crippen LogP contribution in [0.4, 0.5) is 0 Å². The second-order valence-corrected chi connectivity index (χ2v) is 7.11. The van der Waals surface area contributed by atoms with Crippen molar-refractivity contribution in [2.24, 2.45) is 0 Å². The van der Waals surface area contributed by atoms with Crippen molar-refractivity contribution < 1.29 is 14.3 Å². The Hall–Kier alpha value is -2.70. The molecule has 0 atom stereocenters. The Morgan fingerprint density at radius 1 is 0.893 bits per heavy atom. The Labute approximate surface area is 166 Å².